The minimum absolute atomic E-state index is 0.00672. The van der Waals surface area contributed by atoms with Crippen LogP contribution in [-0.2, 0) is 32.1 Å². The molecule has 0 spiro atoms. The second-order valence-corrected chi connectivity index (χ2v) is 11.1. The Bertz CT molecular complexity index is 1610. The molecule has 1 saturated carbocycles. The molecule has 3 aliphatic carbocycles. The van der Waals surface area contributed by atoms with E-state index in [0.29, 0.717) is 21.9 Å². The van der Waals surface area contributed by atoms with E-state index in [2.05, 4.69) is 0 Å². The van der Waals surface area contributed by atoms with Gasteiger partial charge in [-0.25, -0.2) is 4.79 Å². The van der Waals surface area contributed by atoms with Gasteiger partial charge in [-0.1, -0.05) is 18.2 Å². The summed E-state index contributed by atoms with van der Waals surface area (Å²) in [6.45, 7) is 0.181. The first-order valence-corrected chi connectivity index (χ1v) is 12.9. The first kappa shape index (κ1) is 28.1. The van der Waals surface area contributed by atoms with Gasteiger partial charge in [0.1, 0.15) is 22.8 Å². The highest BCUT2D eigenvalue weighted by molar-refractivity contribution is 6.24. The van der Waals surface area contributed by atoms with Crippen LogP contribution in [0.1, 0.15) is 23.1 Å². The van der Waals surface area contributed by atoms with Crippen molar-refractivity contribution < 1.29 is 44.3 Å². The molecule has 5 rings (SSSR count). The number of carbonyl (C=O) groups is 4. The fraction of sp³-hybridized carbons (Fsp3) is 0.379. The number of likely N-dealkylation sites (N-methyl/N-ethyl adjacent to an activating group) is 1. The number of ether oxygens (including phenoxy) is 1. The zero-order chi connectivity index (χ0) is 30.1. The maximum atomic E-state index is 14.0. The topological polar surface area (TPSA) is 191 Å². The summed E-state index contributed by atoms with van der Waals surface area (Å²) >= 11 is 0. The molecule has 12 heteroatoms. The van der Waals surface area contributed by atoms with Gasteiger partial charge < -0.3 is 35.8 Å². The van der Waals surface area contributed by atoms with Gasteiger partial charge in [0.25, 0.3) is 5.91 Å². The van der Waals surface area contributed by atoms with Crippen molar-refractivity contribution >= 4 is 40.1 Å². The monoisotopic (exact) mass is 565 g/mol. The lowest BCUT2D eigenvalue weighted by Crippen LogP contribution is -2.65. The maximum Gasteiger partial charge on any atom is 0.409 e. The summed E-state index contributed by atoms with van der Waals surface area (Å²) in [7, 11) is 5.92. The van der Waals surface area contributed by atoms with Crippen LogP contribution >= 0.6 is 0 Å². The highest BCUT2D eigenvalue weighted by atomic mass is 16.5. The zero-order valence-corrected chi connectivity index (χ0v) is 23.0. The second-order valence-electron chi connectivity index (χ2n) is 11.1. The number of hydrogen-bond acceptors (Lipinski definition) is 10. The third-order valence-corrected chi connectivity index (χ3v) is 8.50. The average Bonchev–Trinajstić information content (AvgIpc) is 2.90. The minimum atomic E-state index is -2.69. The van der Waals surface area contributed by atoms with Gasteiger partial charge in [0.2, 0.25) is 5.78 Å². The van der Waals surface area contributed by atoms with E-state index in [1.165, 1.54) is 16.9 Å². The number of nitrogens with two attached hydrogens (primary N) is 1. The van der Waals surface area contributed by atoms with E-state index < -0.39 is 64.1 Å². The molecule has 6 N–H and O–H groups in total. The second kappa shape index (κ2) is 9.60. The van der Waals surface area contributed by atoms with Crippen molar-refractivity contribution in [2.75, 3.05) is 28.3 Å². The Balaban J connectivity index is 1.66. The quantitative estimate of drug-likeness (QED) is 0.338. The van der Waals surface area contributed by atoms with Crippen molar-refractivity contribution in [2.45, 2.75) is 31.0 Å². The molecule has 0 bridgehead atoms. The van der Waals surface area contributed by atoms with Crippen LogP contribution in [0.5, 0.6) is 5.75 Å². The average molecular weight is 566 g/mol. The molecule has 0 aliphatic heterocycles. The summed E-state index contributed by atoms with van der Waals surface area (Å²) in [5, 5.41) is 46.4. The summed E-state index contributed by atoms with van der Waals surface area (Å²) in [6, 6.07) is 5.87. The number of primary amides is 1. The highest BCUT2D eigenvalue weighted by Crippen LogP contribution is 2.53. The van der Waals surface area contributed by atoms with Crippen LogP contribution in [0.3, 0.4) is 0 Å². The molecule has 216 valence electrons. The maximum absolute atomic E-state index is 14.0. The van der Waals surface area contributed by atoms with Gasteiger partial charge in [0.05, 0.1) is 18.7 Å². The number of methoxy groups -OCH3 is 1. The number of benzene rings is 2. The van der Waals surface area contributed by atoms with Gasteiger partial charge in [-0.15, -0.1) is 0 Å². The molecule has 2 aromatic rings. The van der Waals surface area contributed by atoms with Crippen molar-refractivity contribution in [1.82, 2.24) is 9.80 Å². The van der Waals surface area contributed by atoms with Gasteiger partial charge in [0.15, 0.2) is 11.4 Å². The number of fused-ring (bicyclic) bond motifs is 4. The first-order chi connectivity index (χ1) is 19.2. The van der Waals surface area contributed by atoms with Gasteiger partial charge in [-0.3, -0.25) is 19.3 Å². The number of aliphatic hydroxyl groups is 3. The zero-order valence-electron chi connectivity index (χ0n) is 23.0. The molecular formula is C29H31N3O9. The molecule has 4 atom stereocenters. The molecule has 2 amide bonds. The number of aliphatic hydroxyl groups excluding tert-OH is 2. The molecule has 0 radical (unpaired) electrons. The molecule has 3 aliphatic rings. The lowest BCUT2D eigenvalue weighted by Gasteiger charge is -2.50. The summed E-state index contributed by atoms with van der Waals surface area (Å²) in [6.07, 6.45) is -0.327. The molecule has 2 aromatic carbocycles. The number of hydrogen-bond donors (Lipinski definition) is 5. The molecule has 41 heavy (non-hydrogen) atoms. The van der Waals surface area contributed by atoms with E-state index in [1.807, 2.05) is 0 Å². The fourth-order valence-corrected chi connectivity index (χ4v) is 6.65. The number of ketones is 2. The van der Waals surface area contributed by atoms with Crippen LogP contribution in [0.4, 0.5) is 4.79 Å². The highest BCUT2D eigenvalue weighted by Gasteiger charge is 2.64. The minimum Gasteiger partial charge on any atom is -0.508 e. The number of phenolic OH excluding ortho intramolecular Hbond substituents is 1. The van der Waals surface area contributed by atoms with Gasteiger partial charge in [-0.05, 0) is 55.4 Å². The van der Waals surface area contributed by atoms with E-state index in [9.17, 15) is 39.6 Å². The predicted molar refractivity (Wildman–Crippen MR) is 146 cm³/mol. The SMILES string of the molecule is COC(=O)N(C)Cc1ccc2cc3c(c(O)c2c1)C(O)=C1C(=O)[C@]2(O)C(O)=C(C(N)=O)C(=O)[C@@H](N(C)C)[C@@H]2C[C@@H]1C3. The number of amides is 2. The van der Waals surface area contributed by atoms with E-state index >= 15 is 0 Å². The van der Waals surface area contributed by atoms with Crippen LogP contribution in [-0.4, -0.2) is 93.7 Å². The Morgan fingerprint density at radius 1 is 1.12 bits per heavy atom. The third kappa shape index (κ3) is 3.97. The van der Waals surface area contributed by atoms with Crippen molar-refractivity contribution in [3.8, 4) is 5.75 Å². The van der Waals surface area contributed by atoms with E-state index in [1.54, 1.807) is 45.4 Å². The van der Waals surface area contributed by atoms with Crippen LogP contribution in [0.15, 0.2) is 41.2 Å². The normalized spacial score (nSPS) is 25.7. The number of carbonyl (C=O) groups excluding carboxylic acids is 4. The van der Waals surface area contributed by atoms with Crippen molar-refractivity contribution in [1.29, 1.82) is 0 Å². The molecular weight excluding hydrogens is 534 g/mol. The summed E-state index contributed by atoms with van der Waals surface area (Å²) in [5.41, 5.74) is 2.83. The largest absolute Gasteiger partial charge is 0.508 e. The Morgan fingerprint density at radius 2 is 1.80 bits per heavy atom. The number of phenols is 1. The number of rotatable bonds is 4. The number of nitrogens with zero attached hydrogens (tertiary/aromatic N) is 2. The Kier molecular flexibility index (Phi) is 6.58. The summed E-state index contributed by atoms with van der Waals surface area (Å²) < 4.78 is 4.72. The van der Waals surface area contributed by atoms with Crippen molar-refractivity contribution in [2.24, 2.45) is 17.6 Å². The van der Waals surface area contributed by atoms with E-state index in [-0.39, 0.29) is 36.3 Å². The lowest BCUT2D eigenvalue weighted by atomic mass is 9.57. The van der Waals surface area contributed by atoms with Crippen molar-refractivity contribution in [3.05, 3.63) is 57.9 Å². The predicted octanol–water partition coefficient (Wildman–Crippen LogP) is 1.32. The van der Waals surface area contributed by atoms with Crippen LogP contribution in [0.25, 0.3) is 16.5 Å². The third-order valence-electron chi connectivity index (χ3n) is 8.50. The summed E-state index contributed by atoms with van der Waals surface area (Å²) in [4.78, 5) is 53.9. The summed E-state index contributed by atoms with van der Waals surface area (Å²) in [5.74, 6) is -6.92. The molecule has 12 nitrogen and oxygen atoms in total. The lowest BCUT2D eigenvalue weighted by molar-refractivity contribution is -0.153. The molecule has 1 fully saturated rings. The van der Waals surface area contributed by atoms with Crippen LogP contribution in [0, 0.1) is 11.8 Å². The fourth-order valence-electron chi connectivity index (χ4n) is 6.65. The smallest absolute Gasteiger partial charge is 0.409 e. The number of aromatic hydroxyl groups is 1. The van der Waals surface area contributed by atoms with Crippen LogP contribution in [0.2, 0.25) is 0 Å². The Morgan fingerprint density at radius 3 is 2.41 bits per heavy atom. The molecule has 0 saturated heterocycles. The van der Waals surface area contributed by atoms with Gasteiger partial charge in [0, 0.05) is 30.5 Å². The van der Waals surface area contributed by atoms with Crippen LogP contribution < -0.4 is 5.73 Å². The molecule has 0 heterocycles. The Hall–Kier alpha value is -4.42. The van der Waals surface area contributed by atoms with Gasteiger partial charge >= 0.3 is 6.09 Å². The molecule has 0 aromatic heterocycles. The van der Waals surface area contributed by atoms with E-state index in [4.69, 9.17) is 10.5 Å². The first-order valence-electron chi connectivity index (χ1n) is 12.9. The Labute approximate surface area is 234 Å². The standard InChI is InChI=1S/C29H31N3O9/c1-31(2)21-17-10-15-9-14-8-13-6-5-12(11-32(3)28(39)41-4)7-16(13)22(33)18(14)23(34)19(15)25(36)29(17,40)26(37)20(24(21)35)27(30)38/h5-8,15,17,21,33-34,37,40H,9-11H2,1-4H3,(H2,30,38)/t15-,17-,21-,29-/m0/s1. The van der Waals surface area contributed by atoms with Crippen molar-refractivity contribution in [3.63, 3.8) is 0 Å². The van der Waals surface area contributed by atoms with Gasteiger partial charge in [-0.2, -0.15) is 0 Å². The molecule has 0 unspecified atom stereocenters. The van der Waals surface area contributed by atoms with E-state index in [0.717, 1.165) is 0 Å². The number of Topliss-reactive ketones (excluding diaryl/α,β-unsaturated/α-hetero) is 2.